The Balaban J connectivity index is 0.000000156. The van der Waals surface area contributed by atoms with Gasteiger partial charge in [0.1, 0.15) is 0 Å². The van der Waals surface area contributed by atoms with Gasteiger partial charge in [0.05, 0.1) is 46.4 Å². The largest absolute Gasteiger partial charge is 0.378 e. The Morgan fingerprint density at radius 3 is 1.59 bits per heavy atom. The van der Waals surface area contributed by atoms with Crippen molar-refractivity contribution >= 4 is 59.7 Å². The molecule has 1 N–H and O–H groups in total. The monoisotopic (exact) mass is 903 g/mol. The van der Waals surface area contributed by atoms with Gasteiger partial charge < -0.3 is 19.9 Å². The molecule has 2 amide bonds. The third kappa shape index (κ3) is 7.10. The molecule has 0 saturated carbocycles. The summed E-state index contributed by atoms with van der Waals surface area (Å²) < 4.78 is 65.0. The number of hydrogen-bond donors (Lipinski definition) is 1. The Bertz CT molecular complexity index is 3280. The van der Waals surface area contributed by atoms with Gasteiger partial charge in [-0.2, -0.15) is 0 Å². The summed E-state index contributed by atoms with van der Waals surface area (Å²) >= 11 is 0. The molecule has 64 heavy (non-hydrogen) atoms. The fourth-order valence-electron chi connectivity index (χ4n) is 9.32. The van der Waals surface area contributed by atoms with Crippen molar-refractivity contribution in [1.29, 1.82) is 0 Å². The van der Waals surface area contributed by atoms with Crippen LogP contribution < -0.4 is 5.32 Å². The maximum Gasteiger partial charge on any atom is 0.320 e. The molecule has 0 spiro atoms. The molecule has 0 radical (unpaired) electrons. The van der Waals surface area contributed by atoms with Crippen LogP contribution in [0.25, 0.3) is 33.6 Å². The standard InChI is InChI=1S/C25H28N6O4S.C20H21N5O2S/c1-17-3-5-19(6-4-17)36(33,34)30-8-7-21-24(30)27-14-23-26-13-22(31(21)23)20-16-29(15-18(20)2)25(32)28-9-11-35-12-10-28;1-13-3-5-15(6-4-13)28(26,27)24-8-7-17-20(24)23-12-19-22-11-18(25(17)19)16-10-21-9-14(16)2/h3-8,13-14,18,20H,9-12,15-16H2,1-2H3;3-8,11-12,14,16,21H,9-10H2,1-2H3/t18-,20+;14-,16+/m11/s1. The van der Waals surface area contributed by atoms with Crippen LogP contribution in [-0.2, 0) is 24.8 Å². The fourth-order valence-corrected chi connectivity index (χ4v) is 11.9. The molecule has 0 bridgehead atoms. The smallest absolute Gasteiger partial charge is 0.320 e. The van der Waals surface area contributed by atoms with Crippen molar-refractivity contribution in [1.82, 2.24) is 51.8 Å². The Morgan fingerprint density at radius 2 is 1.11 bits per heavy atom. The number of ether oxygens (including phenoxy) is 1. The van der Waals surface area contributed by atoms with Gasteiger partial charge in [0, 0.05) is 80.7 Å². The number of fused-ring (bicyclic) bond motifs is 6. The number of aromatic nitrogens is 8. The van der Waals surface area contributed by atoms with E-state index in [1.807, 2.05) is 44.8 Å². The molecule has 332 valence electrons. The minimum absolute atomic E-state index is 0.0450. The van der Waals surface area contributed by atoms with Gasteiger partial charge in [-0.25, -0.2) is 49.5 Å². The summed E-state index contributed by atoms with van der Waals surface area (Å²) in [5, 5.41) is 3.42. The van der Waals surface area contributed by atoms with E-state index in [1.54, 1.807) is 85.5 Å². The minimum Gasteiger partial charge on any atom is -0.378 e. The highest BCUT2D eigenvalue weighted by molar-refractivity contribution is 7.90. The molecule has 6 aromatic heterocycles. The van der Waals surface area contributed by atoms with E-state index in [1.165, 1.54) is 7.94 Å². The molecule has 19 heteroatoms. The summed E-state index contributed by atoms with van der Waals surface area (Å²) in [6.07, 6.45) is 10.1. The molecule has 0 unspecified atom stereocenters. The van der Waals surface area contributed by atoms with Gasteiger partial charge in [-0.15, -0.1) is 0 Å². The summed E-state index contributed by atoms with van der Waals surface area (Å²) in [6.45, 7) is 13.7. The van der Waals surface area contributed by atoms with Crippen LogP contribution in [-0.4, -0.2) is 122 Å². The number of amides is 2. The lowest BCUT2D eigenvalue weighted by molar-refractivity contribution is 0.0449. The van der Waals surface area contributed by atoms with Crippen LogP contribution >= 0.6 is 0 Å². The Labute approximate surface area is 370 Å². The number of imidazole rings is 2. The number of hydrogen-bond acceptors (Lipinski definition) is 11. The molecule has 0 aliphatic carbocycles. The van der Waals surface area contributed by atoms with E-state index in [4.69, 9.17) is 4.74 Å². The van der Waals surface area contributed by atoms with Crippen LogP contribution in [0.5, 0.6) is 0 Å². The highest BCUT2D eigenvalue weighted by Gasteiger charge is 2.38. The van der Waals surface area contributed by atoms with Gasteiger partial charge in [-0.3, -0.25) is 8.80 Å². The fraction of sp³-hybridized carbons (Fsp3) is 0.356. The van der Waals surface area contributed by atoms with E-state index in [0.29, 0.717) is 73.7 Å². The first-order valence-electron chi connectivity index (χ1n) is 21.4. The zero-order valence-electron chi connectivity index (χ0n) is 35.9. The van der Waals surface area contributed by atoms with Crippen molar-refractivity contribution in [3.63, 3.8) is 0 Å². The summed E-state index contributed by atoms with van der Waals surface area (Å²) in [5.74, 6) is 1.10. The van der Waals surface area contributed by atoms with E-state index in [9.17, 15) is 21.6 Å². The molecule has 3 fully saturated rings. The van der Waals surface area contributed by atoms with E-state index < -0.39 is 20.0 Å². The summed E-state index contributed by atoms with van der Waals surface area (Å²) in [6, 6.07) is 17.3. The number of rotatable bonds is 6. The minimum atomic E-state index is -3.81. The average Bonchev–Trinajstić information content (AvgIpc) is 4.16. The first-order chi connectivity index (χ1) is 30.8. The number of likely N-dealkylation sites (tertiary alicyclic amines) is 1. The van der Waals surface area contributed by atoms with Crippen molar-refractivity contribution in [2.45, 2.75) is 49.3 Å². The molecule has 8 aromatic rings. The molecule has 3 aliphatic rings. The molecular weight excluding hydrogens is 855 g/mol. The second-order valence-corrected chi connectivity index (χ2v) is 20.8. The number of nitrogens with zero attached hydrogens (tertiary/aromatic N) is 10. The Hall–Kier alpha value is -6.15. The van der Waals surface area contributed by atoms with Crippen LogP contribution in [0.1, 0.15) is 48.2 Å². The Kier molecular flexibility index (Phi) is 10.5. The van der Waals surface area contributed by atoms with Crippen molar-refractivity contribution < 1.29 is 26.4 Å². The van der Waals surface area contributed by atoms with Gasteiger partial charge in [0.25, 0.3) is 20.0 Å². The zero-order valence-corrected chi connectivity index (χ0v) is 37.6. The van der Waals surface area contributed by atoms with Crippen LogP contribution in [0.4, 0.5) is 4.79 Å². The van der Waals surface area contributed by atoms with Crippen molar-refractivity contribution in [3.05, 3.63) is 120 Å². The normalized spacial score (nSPS) is 20.8. The first-order valence-corrected chi connectivity index (χ1v) is 24.3. The van der Waals surface area contributed by atoms with Crippen LogP contribution in [0.15, 0.2) is 108 Å². The molecule has 9 heterocycles. The summed E-state index contributed by atoms with van der Waals surface area (Å²) in [4.78, 5) is 35.3. The molecule has 17 nitrogen and oxygen atoms in total. The maximum absolute atomic E-state index is 13.4. The number of urea groups is 1. The van der Waals surface area contributed by atoms with Crippen LogP contribution in [0.2, 0.25) is 0 Å². The second kappa shape index (κ2) is 16.1. The van der Waals surface area contributed by atoms with Gasteiger partial charge in [0.2, 0.25) is 0 Å². The third-order valence-electron chi connectivity index (χ3n) is 12.9. The zero-order chi connectivity index (χ0) is 44.5. The molecule has 3 saturated heterocycles. The predicted octanol–water partition coefficient (Wildman–Crippen LogP) is 5.27. The second-order valence-electron chi connectivity index (χ2n) is 17.2. The molecular formula is C45H49N11O6S2. The van der Waals surface area contributed by atoms with Crippen LogP contribution in [0.3, 0.4) is 0 Å². The summed E-state index contributed by atoms with van der Waals surface area (Å²) in [7, 11) is -7.54. The topological polar surface area (TPSA) is 183 Å². The average molecular weight is 904 g/mol. The number of aryl methyl sites for hydroxylation is 2. The van der Waals surface area contributed by atoms with Gasteiger partial charge in [-0.05, 0) is 68.6 Å². The highest BCUT2D eigenvalue weighted by Crippen LogP contribution is 2.36. The van der Waals surface area contributed by atoms with Crippen molar-refractivity contribution in [2.75, 3.05) is 52.5 Å². The quantitative estimate of drug-likeness (QED) is 0.230. The highest BCUT2D eigenvalue weighted by atomic mass is 32.2. The van der Waals surface area contributed by atoms with Crippen LogP contribution in [0, 0.1) is 25.7 Å². The molecule has 11 rings (SSSR count). The number of benzene rings is 2. The van der Waals surface area contributed by atoms with E-state index in [-0.39, 0.29) is 27.7 Å². The van der Waals surface area contributed by atoms with Gasteiger partial charge >= 0.3 is 6.03 Å². The van der Waals surface area contributed by atoms with Gasteiger partial charge in [-0.1, -0.05) is 49.2 Å². The van der Waals surface area contributed by atoms with E-state index in [2.05, 4.69) is 39.1 Å². The van der Waals surface area contributed by atoms with Gasteiger partial charge in [0.15, 0.2) is 22.6 Å². The lowest BCUT2D eigenvalue weighted by atomic mass is 9.95. The SMILES string of the molecule is Cc1ccc(S(=O)(=O)n2ccc3c2ncc2ncc([C@H]4CN(C(=O)N5CCOCC5)C[C@H]4C)n23)cc1.Cc1ccc(S(=O)(=O)n2ccc3c2ncc2ncc([C@H]4CNC[C@H]4C)n23)cc1. The summed E-state index contributed by atoms with van der Waals surface area (Å²) in [5.41, 5.74) is 7.58. The predicted molar refractivity (Wildman–Crippen MR) is 241 cm³/mol. The lowest BCUT2D eigenvalue weighted by Crippen LogP contribution is -2.47. The third-order valence-corrected chi connectivity index (χ3v) is 16.3. The first kappa shape index (κ1) is 41.8. The van der Waals surface area contributed by atoms with E-state index in [0.717, 1.165) is 46.8 Å². The number of morpholine rings is 1. The van der Waals surface area contributed by atoms with E-state index >= 15 is 0 Å². The van der Waals surface area contributed by atoms with Crippen molar-refractivity contribution in [3.8, 4) is 0 Å². The molecule has 2 aromatic carbocycles. The number of nitrogens with one attached hydrogen (secondary N) is 1. The number of carbonyl (C=O) groups excluding carboxylic acids is 1. The maximum atomic E-state index is 13.4. The lowest BCUT2D eigenvalue weighted by Gasteiger charge is -2.31. The molecule has 3 aliphatic heterocycles. The van der Waals surface area contributed by atoms with Crippen molar-refractivity contribution in [2.24, 2.45) is 11.8 Å². The Morgan fingerprint density at radius 1 is 0.609 bits per heavy atom. The number of carbonyl (C=O) groups is 1. The molecule has 4 atom stereocenters.